The summed E-state index contributed by atoms with van der Waals surface area (Å²) in [6.07, 6.45) is 4.01. The lowest BCUT2D eigenvalue weighted by atomic mass is 9.79. The molecule has 2 bridgehead atoms. The predicted molar refractivity (Wildman–Crippen MR) is 105 cm³/mol. The van der Waals surface area contributed by atoms with Crippen molar-refractivity contribution in [2.24, 2.45) is 0 Å². The number of pyridine rings is 1. The van der Waals surface area contributed by atoms with Gasteiger partial charge in [0.15, 0.2) is 0 Å². The number of benzene rings is 1. The maximum absolute atomic E-state index is 12.9. The zero-order chi connectivity index (χ0) is 19.8. The Bertz CT molecular complexity index is 1010. The molecule has 1 N–H and O–H groups in total. The number of hydrogen-bond acceptors (Lipinski definition) is 5. The normalized spacial score (nSPS) is 26.4. The Kier molecular flexibility index (Phi) is 4.49. The molecule has 5 rings (SSSR count). The number of hydrogen-bond donors (Lipinski definition) is 1. The lowest BCUT2D eigenvalue weighted by Gasteiger charge is -2.50. The minimum atomic E-state index is -1.06. The third kappa shape index (κ3) is 3.26. The molecular weight excluding hydrogens is 370 g/mol. The number of nitrogens with zero attached hydrogens (tertiary/aromatic N) is 3. The van der Waals surface area contributed by atoms with Crippen LogP contribution < -0.4 is 0 Å². The average Bonchev–Trinajstić information content (AvgIpc) is 3.21. The number of piperidine rings is 1. The van der Waals surface area contributed by atoms with Gasteiger partial charge in [0.25, 0.3) is 0 Å². The van der Waals surface area contributed by atoms with Gasteiger partial charge >= 0.3 is 6.09 Å². The van der Waals surface area contributed by atoms with Crippen molar-refractivity contribution in [3.05, 3.63) is 72.2 Å². The highest BCUT2D eigenvalue weighted by Crippen LogP contribution is 2.41. The molecular formula is C22H23N3O4. The molecule has 2 aliphatic rings. The highest BCUT2D eigenvalue weighted by Gasteiger charge is 2.50. The summed E-state index contributed by atoms with van der Waals surface area (Å²) in [5.74, 6) is 0. The largest absolute Gasteiger partial charge is 0.445 e. The SMILES string of the molecule is O=C(OCc1ccccc1)N1C2COCC1CC(O)(c1cccc3nccn13)C2. The van der Waals surface area contributed by atoms with E-state index in [-0.39, 0.29) is 24.8 Å². The number of morpholine rings is 1. The maximum atomic E-state index is 12.9. The molecule has 7 nitrogen and oxygen atoms in total. The summed E-state index contributed by atoms with van der Waals surface area (Å²) in [5.41, 5.74) is 1.47. The van der Waals surface area contributed by atoms with E-state index in [0.29, 0.717) is 26.1 Å². The quantitative estimate of drug-likeness (QED) is 0.741. The molecule has 0 spiro atoms. The standard InChI is InChI=1S/C22H23N3O4/c26-21(29-13-16-5-2-1-3-6-16)25-17-11-22(27,12-18(25)15-28-14-17)19-7-4-8-20-23-9-10-24(19)20/h1-10,17-18,27H,11-15H2. The molecule has 150 valence electrons. The van der Waals surface area contributed by atoms with E-state index in [1.165, 1.54) is 0 Å². The van der Waals surface area contributed by atoms with E-state index in [1.54, 1.807) is 11.1 Å². The highest BCUT2D eigenvalue weighted by atomic mass is 16.6. The molecule has 0 aliphatic carbocycles. The summed E-state index contributed by atoms with van der Waals surface area (Å²) in [7, 11) is 0. The first-order valence-electron chi connectivity index (χ1n) is 9.86. The molecule has 2 fully saturated rings. The lowest BCUT2D eigenvalue weighted by molar-refractivity contribution is -0.138. The molecule has 2 unspecified atom stereocenters. The fourth-order valence-corrected chi connectivity index (χ4v) is 4.60. The fourth-order valence-electron chi connectivity index (χ4n) is 4.60. The number of amides is 1. The Morgan fingerprint density at radius 1 is 1.14 bits per heavy atom. The minimum absolute atomic E-state index is 0.231. The van der Waals surface area contributed by atoms with Gasteiger partial charge in [-0.05, 0) is 17.7 Å². The molecule has 2 saturated heterocycles. The van der Waals surface area contributed by atoms with Crippen molar-refractivity contribution < 1.29 is 19.4 Å². The molecule has 7 heteroatoms. The summed E-state index contributed by atoms with van der Waals surface area (Å²) in [6.45, 7) is 1.01. The van der Waals surface area contributed by atoms with Crippen LogP contribution >= 0.6 is 0 Å². The van der Waals surface area contributed by atoms with E-state index in [0.717, 1.165) is 16.9 Å². The fraction of sp³-hybridized carbons (Fsp3) is 0.364. The van der Waals surface area contributed by atoms with Crippen molar-refractivity contribution >= 4 is 11.7 Å². The summed E-state index contributed by atoms with van der Waals surface area (Å²) in [6, 6.07) is 14.9. The molecule has 1 amide bonds. The van der Waals surface area contributed by atoms with E-state index in [2.05, 4.69) is 4.98 Å². The number of rotatable bonds is 3. The Labute approximate surface area is 168 Å². The van der Waals surface area contributed by atoms with Crippen molar-refractivity contribution in [2.45, 2.75) is 37.1 Å². The molecule has 4 heterocycles. The van der Waals surface area contributed by atoms with Crippen molar-refractivity contribution in [3.63, 3.8) is 0 Å². The van der Waals surface area contributed by atoms with Crippen LogP contribution in [0.15, 0.2) is 60.9 Å². The summed E-state index contributed by atoms with van der Waals surface area (Å²) >= 11 is 0. The monoisotopic (exact) mass is 393 g/mol. The second-order valence-electron chi connectivity index (χ2n) is 7.80. The van der Waals surface area contributed by atoms with E-state index in [1.807, 2.05) is 59.1 Å². The summed E-state index contributed by atoms with van der Waals surface area (Å²) in [4.78, 5) is 18.9. The predicted octanol–water partition coefficient (Wildman–Crippen LogP) is 2.72. The van der Waals surface area contributed by atoms with Crippen LogP contribution in [0.1, 0.15) is 24.1 Å². The zero-order valence-electron chi connectivity index (χ0n) is 16.0. The van der Waals surface area contributed by atoms with Crippen molar-refractivity contribution in [1.29, 1.82) is 0 Å². The van der Waals surface area contributed by atoms with Crippen LogP contribution in [-0.2, 0) is 21.7 Å². The second kappa shape index (κ2) is 7.17. The van der Waals surface area contributed by atoms with Crippen molar-refractivity contribution in [2.75, 3.05) is 13.2 Å². The number of aliphatic hydroxyl groups is 1. The summed E-state index contributed by atoms with van der Waals surface area (Å²) < 4.78 is 13.2. The van der Waals surface area contributed by atoms with Gasteiger partial charge in [-0.15, -0.1) is 0 Å². The molecule has 29 heavy (non-hydrogen) atoms. The Morgan fingerprint density at radius 3 is 2.66 bits per heavy atom. The van der Waals surface area contributed by atoms with Crippen LogP contribution in [0.2, 0.25) is 0 Å². The Balaban J connectivity index is 1.37. The number of imidazole rings is 1. The number of aromatic nitrogens is 2. The van der Waals surface area contributed by atoms with Gasteiger partial charge in [-0.1, -0.05) is 36.4 Å². The molecule has 0 radical (unpaired) electrons. The zero-order valence-corrected chi connectivity index (χ0v) is 16.0. The average molecular weight is 393 g/mol. The molecule has 1 aromatic carbocycles. The van der Waals surface area contributed by atoms with E-state index >= 15 is 0 Å². The first-order valence-corrected chi connectivity index (χ1v) is 9.86. The van der Waals surface area contributed by atoms with Crippen LogP contribution in [0.3, 0.4) is 0 Å². The second-order valence-corrected chi connectivity index (χ2v) is 7.80. The Morgan fingerprint density at radius 2 is 1.90 bits per heavy atom. The van der Waals surface area contributed by atoms with Gasteiger partial charge < -0.3 is 19.0 Å². The van der Waals surface area contributed by atoms with Gasteiger partial charge in [0.2, 0.25) is 0 Å². The number of carbonyl (C=O) groups excluding carboxylic acids is 1. The first-order chi connectivity index (χ1) is 14.1. The minimum Gasteiger partial charge on any atom is -0.445 e. The smallest absolute Gasteiger partial charge is 0.410 e. The third-order valence-electron chi connectivity index (χ3n) is 5.87. The van der Waals surface area contributed by atoms with E-state index in [4.69, 9.17) is 9.47 Å². The molecule has 2 aromatic heterocycles. The van der Waals surface area contributed by atoms with Gasteiger partial charge in [-0.3, -0.25) is 4.90 Å². The third-order valence-corrected chi connectivity index (χ3v) is 5.87. The van der Waals surface area contributed by atoms with Crippen LogP contribution in [0.25, 0.3) is 5.65 Å². The topological polar surface area (TPSA) is 76.3 Å². The first kappa shape index (κ1) is 18.1. The van der Waals surface area contributed by atoms with Crippen LogP contribution in [-0.4, -0.2) is 50.8 Å². The molecule has 3 aromatic rings. The molecule has 2 atom stereocenters. The summed E-state index contributed by atoms with van der Waals surface area (Å²) in [5, 5.41) is 11.6. The van der Waals surface area contributed by atoms with Gasteiger partial charge in [0, 0.05) is 25.2 Å². The van der Waals surface area contributed by atoms with Crippen molar-refractivity contribution in [1.82, 2.24) is 14.3 Å². The Hall–Kier alpha value is -2.90. The van der Waals surface area contributed by atoms with Gasteiger partial charge in [0.05, 0.1) is 31.0 Å². The van der Waals surface area contributed by atoms with Crippen LogP contribution in [0.5, 0.6) is 0 Å². The number of carbonyl (C=O) groups is 1. The number of ether oxygens (including phenoxy) is 2. The van der Waals surface area contributed by atoms with Gasteiger partial charge in [-0.25, -0.2) is 9.78 Å². The number of fused-ring (bicyclic) bond motifs is 3. The van der Waals surface area contributed by atoms with Crippen LogP contribution in [0.4, 0.5) is 4.79 Å². The lowest BCUT2D eigenvalue weighted by Crippen LogP contribution is -2.62. The van der Waals surface area contributed by atoms with E-state index in [9.17, 15) is 9.90 Å². The van der Waals surface area contributed by atoms with E-state index < -0.39 is 5.60 Å². The van der Waals surface area contributed by atoms with Gasteiger partial charge in [0.1, 0.15) is 17.9 Å². The van der Waals surface area contributed by atoms with Crippen molar-refractivity contribution in [3.8, 4) is 0 Å². The molecule has 2 aliphatic heterocycles. The molecule has 0 saturated carbocycles. The van der Waals surface area contributed by atoms with Crippen LogP contribution in [0, 0.1) is 0 Å². The highest BCUT2D eigenvalue weighted by molar-refractivity contribution is 5.69. The van der Waals surface area contributed by atoms with Gasteiger partial charge in [-0.2, -0.15) is 0 Å². The maximum Gasteiger partial charge on any atom is 0.410 e.